The molecule has 0 unspecified atom stereocenters. The van der Waals surface area contributed by atoms with Crippen molar-refractivity contribution >= 4 is 40.0 Å². The van der Waals surface area contributed by atoms with Crippen molar-refractivity contribution in [3.8, 4) is 0 Å². The Hall–Kier alpha value is -0.870. The highest BCUT2D eigenvalue weighted by Crippen LogP contribution is 2.17. The van der Waals surface area contributed by atoms with E-state index >= 15 is 0 Å². The number of rotatable bonds is 6. The molecular weight excluding hydrogens is 415 g/mol. The van der Waals surface area contributed by atoms with Crippen molar-refractivity contribution < 1.29 is 8.42 Å². The molecule has 0 spiro atoms. The largest absolute Gasteiger partial charge is 0.370 e. The molecule has 0 heterocycles. The summed E-state index contributed by atoms with van der Waals surface area (Å²) in [6.07, 6.45) is 4.69. The van der Waals surface area contributed by atoms with Gasteiger partial charge in [0.15, 0.2) is 5.96 Å². The SMILES string of the molecule is I.NC(=NCCNS(=O)(=O)c1ccccc1)NC1CCCC1. The lowest BCUT2D eigenvalue weighted by atomic mass is 10.2. The standard InChI is InChI=1S/C14H22N4O2S.HI/c15-14(18-12-6-4-5-7-12)16-10-11-17-21(19,20)13-8-2-1-3-9-13;/h1-3,8-9,12,17H,4-7,10-11H2,(H3,15,16,18);1H. The third-order valence-electron chi connectivity index (χ3n) is 3.45. The molecule has 0 atom stereocenters. The topological polar surface area (TPSA) is 96.6 Å². The molecule has 0 bridgehead atoms. The zero-order chi connectivity index (χ0) is 15.1. The Balaban J connectivity index is 0.00000242. The Morgan fingerprint density at radius 1 is 1.23 bits per heavy atom. The summed E-state index contributed by atoms with van der Waals surface area (Å²) in [5.74, 6) is 0.390. The second-order valence-corrected chi connectivity index (χ2v) is 6.87. The molecule has 0 aliphatic heterocycles. The van der Waals surface area contributed by atoms with E-state index in [2.05, 4.69) is 15.0 Å². The first kappa shape index (κ1) is 19.2. The molecule has 124 valence electrons. The molecule has 0 amide bonds. The summed E-state index contributed by atoms with van der Waals surface area (Å²) in [6, 6.07) is 8.68. The number of hydrogen-bond acceptors (Lipinski definition) is 3. The van der Waals surface area contributed by atoms with Gasteiger partial charge in [-0.25, -0.2) is 13.1 Å². The van der Waals surface area contributed by atoms with Crippen LogP contribution in [0.25, 0.3) is 0 Å². The minimum absolute atomic E-state index is 0. The van der Waals surface area contributed by atoms with Crippen LogP contribution >= 0.6 is 24.0 Å². The Kier molecular flexibility index (Phi) is 8.12. The number of nitrogens with zero attached hydrogens (tertiary/aromatic N) is 1. The first-order chi connectivity index (χ1) is 10.1. The van der Waals surface area contributed by atoms with E-state index in [1.165, 1.54) is 12.8 Å². The van der Waals surface area contributed by atoms with Gasteiger partial charge >= 0.3 is 0 Å². The van der Waals surface area contributed by atoms with Crippen molar-refractivity contribution in [2.45, 2.75) is 36.6 Å². The Bertz CT molecular complexity index is 572. The average Bonchev–Trinajstić information content (AvgIpc) is 2.97. The van der Waals surface area contributed by atoms with Gasteiger partial charge < -0.3 is 11.1 Å². The van der Waals surface area contributed by atoms with Crippen LogP contribution < -0.4 is 15.8 Å². The maximum atomic E-state index is 11.9. The highest BCUT2D eigenvalue weighted by atomic mass is 127. The molecule has 1 aliphatic carbocycles. The van der Waals surface area contributed by atoms with Crippen molar-refractivity contribution in [1.29, 1.82) is 0 Å². The van der Waals surface area contributed by atoms with Crippen molar-refractivity contribution in [2.24, 2.45) is 10.7 Å². The van der Waals surface area contributed by atoms with E-state index in [1.54, 1.807) is 30.3 Å². The number of benzene rings is 1. The summed E-state index contributed by atoms with van der Waals surface area (Å²) in [4.78, 5) is 4.40. The van der Waals surface area contributed by atoms with Gasteiger partial charge in [-0.05, 0) is 25.0 Å². The van der Waals surface area contributed by atoms with Gasteiger partial charge in [0.25, 0.3) is 0 Å². The van der Waals surface area contributed by atoms with E-state index in [4.69, 9.17) is 5.73 Å². The lowest BCUT2D eigenvalue weighted by Crippen LogP contribution is -2.39. The maximum Gasteiger partial charge on any atom is 0.240 e. The van der Waals surface area contributed by atoms with Gasteiger partial charge in [-0.3, -0.25) is 4.99 Å². The van der Waals surface area contributed by atoms with Gasteiger partial charge in [-0.2, -0.15) is 0 Å². The zero-order valence-corrected chi connectivity index (χ0v) is 15.5. The van der Waals surface area contributed by atoms with Gasteiger partial charge in [0, 0.05) is 12.6 Å². The van der Waals surface area contributed by atoms with Crippen LogP contribution in [0, 0.1) is 0 Å². The molecule has 1 aromatic rings. The van der Waals surface area contributed by atoms with E-state index in [1.807, 2.05) is 0 Å². The van der Waals surface area contributed by atoms with Crippen LogP contribution in [-0.2, 0) is 10.0 Å². The van der Waals surface area contributed by atoms with Gasteiger partial charge in [0.05, 0.1) is 11.4 Å². The van der Waals surface area contributed by atoms with Crippen molar-refractivity contribution in [3.05, 3.63) is 30.3 Å². The monoisotopic (exact) mass is 438 g/mol. The maximum absolute atomic E-state index is 11.9. The van der Waals surface area contributed by atoms with Gasteiger partial charge in [-0.1, -0.05) is 31.0 Å². The molecule has 2 rings (SSSR count). The number of hydrogen-bond donors (Lipinski definition) is 3. The van der Waals surface area contributed by atoms with Crippen molar-refractivity contribution in [1.82, 2.24) is 10.0 Å². The van der Waals surface area contributed by atoms with Crippen LogP contribution in [0.1, 0.15) is 25.7 Å². The fourth-order valence-corrected chi connectivity index (χ4v) is 3.41. The van der Waals surface area contributed by atoms with Crippen molar-refractivity contribution in [2.75, 3.05) is 13.1 Å². The number of nitrogens with two attached hydrogens (primary N) is 1. The molecule has 1 fully saturated rings. The summed E-state index contributed by atoms with van der Waals surface area (Å²) in [5, 5.41) is 3.16. The van der Waals surface area contributed by atoms with Gasteiger partial charge in [-0.15, -0.1) is 24.0 Å². The molecule has 4 N–H and O–H groups in total. The fourth-order valence-electron chi connectivity index (χ4n) is 2.36. The van der Waals surface area contributed by atoms with Crippen LogP contribution in [0.5, 0.6) is 0 Å². The van der Waals surface area contributed by atoms with Gasteiger partial charge in [0.2, 0.25) is 10.0 Å². The minimum atomic E-state index is -3.46. The lowest BCUT2D eigenvalue weighted by molar-refractivity contribution is 0.582. The first-order valence-corrected chi connectivity index (χ1v) is 8.67. The van der Waals surface area contributed by atoms with E-state index in [-0.39, 0.29) is 35.4 Å². The number of sulfonamides is 1. The molecule has 1 aromatic carbocycles. The third-order valence-corrected chi connectivity index (χ3v) is 4.92. The molecule has 22 heavy (non-hydrogen) atoms. The second kappa shape index (κ2) is 9.31. The minimum Gasteiger partial charge on any atom is -0.370 e. The molecule has 0 aromatic heterocycles. The number of nitrogens with one attached hydrogen (secondary N) is 2. The number of guanidine groups is 1. The molecule has 1 aliphatic rings. The molecule has 1 saturated carbocycles. The summed E-state index contributed by atoms with van der Waals surface area (Å²) >= 11 is 0. The summed E-state index contributed by atoms with van der Waals surface area (Å²) in [6.45, 7) is 0.544. The summed E-state index contributed by atoms with van der Waals surface area (Å²) in [5.41, 5.74) is 5.78. The fraction of sp³-hybridized carbons (Fsp3) is 0.500. The molecule has 0 saturated heterocycles. The predicted molar refractivity (Wildman–Crippen MR) is 98.9 cm³/mol. The first-order valence-electron chi connectivity index (χ1n) is 7.19. The van der Waals surface area contributed by atoms with E-state index in [0.717, 1.165) is 12.8 Å². The van der Waals surface area contributed by atoms with Crippen LogP contribution in [0.15, 0.2) is 40.2 Å². The van der Waals surface area contributed by atoms with Crippen LogP contribution in [0.3, 0.4) is 0 Å². The van der Waals surface area contributed by atoms with E-state index < -0.39 is 10.0 Å². The van der Waals surface area contributed by atoms with Gasteiger partial charge in [0.1, 0.15) is 0 Å². The molecule has 6 nitrogen and oxygen atoms in total. The van der Waals surface area contributed by atoms with E-state index in [9.17, 15) is 8.42 Å². The van der Waals surface area contributed by atoms with Crippen LogP contribution in [0.4, 0.5) is 0 Å². The normalized spacial score (nSPS) is 16.3. The average molecular weight is 438 g/mol. The smallest absolute Gasteiger partial charge is 0.240 e. The van der Waals surface area contributed by atoms with Crippen LogP contribution in [0.2, 0.25) is 0 Å². The third kappa shape index (κ3) is 6.09. The molecule has 0 radical (unpaired) electrons. The second-order valence-electron chi connectivity index (χ2n) is 5.10. The highest BCUT2D eigenvalue weighted by molar-refractivity contribution is 14.0. The zero-order valence-electron chi connectivity index (χ0n) is 12.4. The van der Waals surface area contributed by atoms with E-state index in [0.29, 0.717) is 18.5 Å². The number of halogens is 1. The highest BCUT2D eigenvalue weighted by Gasteiger charge is 2.15. The Labute approximate surface area is 149 Å². The number of aliphatic imine (C=N–C) groups is 1. The van der Waals surface area contributed by atoms with Crippen LogP contribution in [-0.4, -0.2) is 33.5 Å². The predicted octanol–water partition coefficient (Wildman–Crippen LogP) is 1.43. The lowest BCUT2D eigenvalue weighted by Gasteiger charge is -2.12. The quantitative estimate of drug-likeness (QED) is 0.271. The summed E-state index contributed by atoms with van der Waals surface area (Å²) < 4.78 is 26.4. The Morgan fingerprint density at radius 2 is 1.86 bits per heavy atom. The molecule has 8 heteroatoms. The Morgan fingerprint density at radius 3 is 2.50 bits per heavy atom. The molecular formula is C14H23IN4O2S. The summed E-state index contributed by atoms with van der Waals surface area (Å²) in [7, 11) is -3.46. The van der Waals surface area contributed by atoms with Crippen molar-refractivity contribution in [3.63, 3.8) is 0 Å².